The van der Waals surface area contributed by atoms with Gasteiger partial charge >= 0.3 is 0 Å². The van der Waals surface area contributed by atoms with E-state index in [2.05, 4.69) is 96.8 Å². The Bertz CT molecular complexity index is 2410. The fourth-order valence-electron chi connectivity index (χ4n) is 6.36. The smallest absolute Gasteiger partial charge is 0.139 e. The fourth-order valence-corrected chi connectivity index (χ4v) is 6.36. The van der Waals surface area contributed by atoms with Gasteiger partial charge in [-0.25, -0.2) is 4.98 Å². The minimum atomic E-state index is 0.790. The molecule has 0 aliphatic carbocycles. The van der Waals surface area contributed by atoms with Gasteiger partial charge in [0.25, 0.3) is 0 Å². The third-order valence-electron chi connectivity index (χ3n) is 9.39. The molecule has 0 spiro atoms. The predicted molar refractivity (Wildman–Crippen MR) is 217 cm³/mol. The van der Waals surface area contributed by atoms with Crippen LogP contribution in [0.4, 0.5) is 0 Å². The standard InChI is InChI=1S/C49H40N2O3/c1-35-3-5-36(6-4-35)33-37-7-19-43(20-8-37)52-46-25-13-40(14-26-46)41-15-27-47(28-16-41)53-44-21-9-38(10-22-44)34-39-11-23-45(24-12-39)54-48-29-17-42(18-30-48)49-50-31-32-51(49)2/h3-32H,33-34H2,1-2H3. The summed E-state index contributed by atoms with van der Waals surface area (Å²) >= 11 is 0. The summed E-state index contributed by atoms with van der Waals surface area (Å²) in [5.41, 5.74) is 9.54. The Hall–Kier alpha value is -6.85. The van der Waals surface area contributed by atoms with Gasteiger partial charge in [-0.2, -0.15) is 0 Å². The highest BCUT2D eigenvalue weighted by Crippen LogP contribution is 2.30. The molecule has 1 heterocycles. The van der Waals surface area contributed by atoms with Crippen LogP contribution in [0.1, 0.15) is 27.8 Å². The average Bonchev–Trinajstić information content (AvgIpc) is 3.64. The maximum Gasteiger partial charge on any atom is 0.139 e. The summed E-state index contributed by atoms with van der Waals surface area (Å²) in [7, 11) is 1.99. The van der Waals surface area contributed by atoms with E-state index in [1.165, 1.54) is 27.8 Å². The molecule has 0 bridgehead atoms. The van der Waals surface area contributed by atoms with Crippen molar-refractivity contribution in [3.63, 3.8) is 0 Å². The summed E-state index contributed by atoms with van der Waals surface area (Å²) in [6.07, 6.45) is 5.47. The Morgan fingerprint density at radius 1 is 0.389 bits per heavy atom. The maximum absolute atomic E-state index is 6.17. The van der Waals surface area contributed by atoms with E-state index in [1.807, 2.05) is 103 Å². The Morgan fingerprint density at radius 3 is 1.00 bits per heavy atom. The number of hydrogen-bond donors (Lipinski definition) is 0. The van der Waals surface area contributed by atoms with Crippen LogP contribution < -0.4 is 14.2 Å². The van der Waals surface area contributed by atoms with Crippen molar-refractivity contribution in [3.05, 3.63) is 210 Å². The van der Waals surface area contributed by atoms with Crippen molar-refractivity contribution < 1.29 is 14.2 Å². The molecule has 54 heavy (non-hydrogen) atoms. The molecule has 0 aliphatic rings. The van der Waals surface area contributed by atoms with Crippen LogP contribution in [0.5, 0.6) is 34.5 Å². The van der Waals surface area contributed by atoms with Gasteiger partial charge in [0.05, 0.1) is 0 Å². The Labute approximate surface area is 316 Å². The first-order valence-corrected chi connectivity index (χ1v) is 18.1. The molecule has 8 rings (SSSR count). The van der Waals surface area contributed by atoms with Crippen LogP contribution in [0.2, 0.25) is 0 Å². The number of aryl methyl sites for hydroxylation is 2. The zero-order valence-corrected chi connectivity index (χ0v) is 30.4. The number of aromatic nitrogens is 2. The van der Waals surface area contributed by atoms with Crippen molar-refractivity contribution in [3.8, 4) is 57.0 Å². The summed E-state index contributed by atoms with van der Waals surface area (Å²) in [6.45, 7) is 2.11. The van der Waals surface area contributed by atoms with E-state index in [0.29, 0.717) is 0 Å². The normalized spacial score (nSPS) is 10.9. The molecule has 1 aromatic heterocycles. The third-order valence-corrected chi connectivity index (χ3v) is 9.39. The molecule has 0 saturated carbocycles. The first-order valence-electron chi connectivity index (χ1n) is 18.1. The molecule has 7 aromatic carbocycles. The summed E-state index contributed by atoms with van der Waals surface area (Å²) < 4.78 is 20.4. The molecule has 0 N–H and O–H groups in total. The number of nitrogens with zero attached hydrogens (tertiary/aromatic N) is 2. The van der Waals surface area contributed by atoms with E-state index in [4.69, 9.17) is 14.2 Å². The zero-order valence-electron chi connectivity index (χ0n) is 30.4. The monoisotopic (exact) mass is 704 g/mol. The quantitative estimate of drug-likeness (QED) is 0.127. The van der Waals surface area contributed by atoms with Gasteiger partial charge < -0.3 is 18.8 Å². The SMILES string of the molecule is Cc1ccc(Cc2ccc(Oc3ccc(-c4ccc(Oc5ccc(Cc6ccc(Oc7ccc(-c8nccn8C)cc7)cc6)cc5)cc4)cc3)cc2)cc1. The lowest BCUT2D eigenvalue weighted by atomic mass is 10.0. The molecule has 0 unspecified atom stereocenters. The second-order valence-corrected chi connectivity index (χ2v) is 13.5. The number of rotatable bonds is 12. The summed E-state index contributed by atoms with van der Waals surface area (Å²) in [5, 5.41) is 0. The van der Waals surface area contributed by atoms with E-state index in [9.17, 15) is 0 Å². The Morgan fingerprint density at radius 2 is 0.685 bits per heavy atom. The first kappa shape index (κ1) is 34.2. The highest BCUT2D eigenvalue weighted by atomic mass is 16.5. The van der Waals surface area contributed by atoms with Crippen molar-refractivity contribution >= 4 is 0 Å². The van der Waals surface area contributed by atoms with Crippen LogP contribution in [0.15, 0.2) is 182 Å². The van der Waals surface area contributed by atoms with Crippen molar-refractivity contribution in [2.75, 3.05) is 0 Å². The molecular formula is C49H40N2O3. The predicted octanol–water partition coefficient (Wildman–Crippen LogP) is 12.6. The lowest BCUT2D eigenvalue weighted by Crippen LogP contribution is -1.92. The minimum Gasteiger partial charge on any atom is -0.457 e. The lowest BCUT2D eigenvalue weighted by molar-refractivity contribution is 0.482. The van der Waals surface area contributed by atoms with Gasteiger partial charge in [0.2, 0.25) is 0 Å². The molecule has 0 atom stereocenters. The molecular weight excluding hydrogens is 665 g/mol. The van der Waals surface area contributed by atoms with Crippen LogP contribution in [-0.4, -0.2) is 9.55 Å². The van der Waals surface area contributed by atoms with Gasteiger partial charge in [0, 0.05) is 25.0 Å². The third kappa shape index (κ3) is 8.60. The van der Waals surface area contributed by atoms with E-state index in [0.717, 1.165) is 69.9 Å². The topological polar surface area (TPSA) is 45.5 Å². The van der Waals surface area contributed by atoms with E-state index < -0.39 is 0 Å². The second kappa shape index (κ2) is 15.8. The van der Waals surface area contributed by atoms with Gasteiger partial charge in [-0.3, -0.25) is 0 Å². The van der Waals surface area contributed by atoms with Gasteiger partial charge in [0.1, 0.15) is 40.3 Å². The zero-order chi connectivity index (χ0) is 36.7. The average molecular weight is 705 g/mol. The second-order valence-electron chi connectivity index (χ2n) is 13.5. The lowest BCUT2D eigenvalue weighted by Gasteiger charge is -2.10. The van der Waals surface area contributed by atoms with Crippen molar-refractivity contribution in [2.24, 2.45) is 7.05 Å². The molecule has 5 heteroatoms. The number of imidazole rings is 1. The molecule has 0 saturated heterocycles. The summed E-state index contributed by atoms with van der Waals surface area (Å²) in [6, 6.07) is 57.9. The molecule has 8 aromatic rings. The van der Waals surface area contributed by atoms with Crippen molar-refractivity contribution in [2.45, 2.75) is 19.8 Å². The van der Waals surface area contributed by atoms with Crippen LogP contribution in [-0.2, 0) is 19.9 Å². The molecule has 0 aliphatic heterocycles. The van der Waals surface area contributed by atoms with Crippen LogP contribution in [0.25, 0.3) is 22.5 Å². The van der Waals surface area contributed by atoms with Gasteiger partial charge in [-0.15, -0.1) is 0 Å². The van der Waals surface area contributed by atoms with E-state index in [-0.39, 0.29) is 0 Å². The minimum absolute atomic E-state index is 0.790. The van der Waals surface area contributed by atoms with Crippen LogP contribution in [0, 0.1) is 6.92 Å². The number of benzene rings is 7. The van der Waals surface area contributed by atoms with Gasteiger partial charge in [-0.05, 0) is 138 Å². The number of ether oxygens (including phenoxy) is 3. The largest absolute Gasteiger partial charge is 0.457 e. The molecule has 0 radical (unpaired) electrons. The Balaban J connectivity index is 0.808. The van der Waals surface area contributed by atoms with E-state index >= 15 is 0 Å². The maximum atomic E-state index is 6.17. The summed E-state index contributed by atoms with van der Waals surface area (Å²) in [4.78, 5) is 4.41. The van der Waals surface area contributed by atoms with Crippen molar-refractivity contribution in [1.82, 2.24) is 9.55 Å². The van der Waals surface area contributed by atoms with E-state index in [1.54, 1.807) is 6.20 Å². The molecule has 264 valence electrons. The first-order chi connectivity index (χ1) is 26.5. The molecule has 0 amide bonds. The fraction of sp³-hybridized carbons (Fsp3) is 0.0816. The van der Waals surface area contributed by atoms with Crippen LogP contribution in [0.3, 0.4) is 0 Å². The molecule has 0 fully saturated rings. The van der Waals surface area contributed by atoms with Crippen molar-refractivity contribution in [1.29, 1.82) is 0 Å². The van der Waals surface area contributed by atoms with Gasteiger partial charge in [0.15, 0.2) is 0 Å². The number of hydrogen-bond acceptors (Lipinski definition) is 4. The highest BCUT2D eigenvalue weighted by molar-refractivity contribution is 5.65. The van der Waals surface area contributed by atoms with Gasteiger partial charge in [-0.1, -0.05) is 90.5 Å². The molecule has 5 nitrogen and oxygen atoms in total. The Kier molecular flexibility index (Phi) is 10.0. The summed E-state index contributed by atoms with van der Waals surface area (Å²) in [5.74, 6) is 5.74. The highest BCUT2D eigenvalue weighted by Gasteiger charge is 2.07. The van der Waals surface area contributed by atoms with Crippen LogP contribution >= 0.6 is 0 Å².